The van der Waals surface area contributed by atoms with Crippen LogP contribution in [0.3, 0.4) is 0 Å². The Morgan fingerprint density at radius 3 is 2.83 bits per heavy atom. The van der Waals surface area contributed by atoms with E-state index in [1.165, 1.54) is 11.1 Å². The van der Waals surface area contributed by atoms with Crippen LogP contribution in [0.2, 0.25) is 0 Å². The van der Waals surface area contributed by atoms with Crippen LogP contribution in [-0.4, -0.2) is 12.5 Å². The van der Waals surface area contributed by atoms with Gasteiger partial charge in [0.1, 0.15) is 5.75 Å². The summed E-state index contributed by atoms with van der Waals surface area (Å²) in [5.74, 6) is 2.16. The van der Waals surface area contributed by atoms with Gasteiger partial charge in [-0.2, -0.15) is 0 Å². The molecule has 2 aromatic carbocycles. The standard InChI is InChI=1S/C25H30N2O2/c1-4-29-23-11-6-5-8-20(23)25-19-10-7-9-18(19)21-15-17(12-13-22(21)27-25)26-24(28)14-16(2)3/h5-9,11-13,15-16,18-19,25,27H,4,10,14H2,1-3H3,(H,26,28). The van der Waals surface area contributed by atoms with Crippen molar-refractivity contribution in [2.75, 3.05) is 17.2 Å². The zero-order chi connectivity index (χ0) is 20.4. The van der Waals surface area contributed by atoms with Crippen LogP contribution in [0.15, 0.2) is 54.6 Å². The van der Waals surface area contributed by atoms with Gasteiger partial charge < -0.3 is 15.4 Å². The molecule has 1 heterocycles. The van der Waals surface area contributed by atoms with E-state index in [0.717, 1.165) is 23.5 Å². The molecular formula is C25H30N2O2. The van der Waals surface area contributed by atoms with Gasteiger partial charge in [0.05, 0.1) is 12.6 Å². The lowest BCUT2D eigenvalue weighted by Crippen LogP contribution is -2.29. The van der Waals surface area contributed by atoms with E-state index in [1.54, 1.807) is 0 Å². The van der Waals surface area contributed by atoms with Crippen molar-refractivity contribution in [3.63, 3.8) is 0 Å². The number of hydrogen-bond acceptors (Lipinski definition) is 3. The molecule has 4 rings (SSSR count). The maximum atomic E-state index is 12.2. The number of hydrogen-bond donors (Lipinski definition) is 2. The number of amides is 1. The highest BCUT2D eigenvalue weighted by atomic mass is 16.5. The third-order valence-corrected chi connectivity index (χ3v) is 5.79. The minimum absolute atomic E-state index is 0.0748. The minimum Gasteiger partial charge on any atom is -0.494 e. The van der Waals surface area contributed by atoms with Gasteiger partial charge in [-0.1, -0.05) is 44.2 Å². The molecule has 2 aliphatic rings. The zero-order valence-electron chi connectivity index (χ0n) is 17.4. The first-order valence-electron chi connectivity index (χ1n) is 10.7. The first-order valence-corrected chi connectivity index (χ1v) is 10.7. The lowest BCUT2D eigenvalue weighted by Gasteiger charge is -2.38. The molecule has 0 radical (unpaired) electrons. The number of carbonyl (C=O) groups is 1. The van der Waals surface area contributed by atoms with E-state index in [-0.39, 0.29) is 11.9 Å². The third kappa shape index (κ3) is 4.02. The van der Waals surface area contributed by atoms with E-state index in [2.05, 4.69) is 67.0 Å². The first kappa shape index (κ1) is 19.6. The summed E-state index contributed by atoms with van der Waals surface area (Å²) in [4.78, 5) is 12.2. The van der Waals surface area contributed by atoms with Gasteiger partial charge in [-0.15, -0.1) is 0 Å². The molecule has 1 amide bonds. The van der Waals surface area contributed by atoms with Crippen molar-refractivity contribution in [1.82, 2.24) is 0 Å². The average Bonchev–Trinajstić information content (AvgIpc) is 3.18. The van der Waals surface area contributed by atoms with Crippen molar-refractivity contribution in [3.8, 4) is 5.75 Å². The predicted molar refractivity (Wildman–Crippen MR) is 118 cm³/mol. The first-order chi connectivity index (χ1) is 14.1. The minimum atomic E-state index is 0.0748. The Hall–Kier alpha value is -2.75. The van der Waals surface area contributed by atoms with Crippen molar-refractivity contribution in [2.45, 2.75) is 45.6 Å². The molecule has 0 aromatic heterocycles. The quantitative estimate of drug-likeness (QED) is 0.604. The van der Waals surface area contributed by atoms with E-state index >= 15 is 0 Å². The average molecular weight is 391 g/mol. The molecule has 0 saturated heterocycles. The summed E-state index contributed by atoms with van der Waals surface area (Å²) in [5.41, 5.74) is 4.49. The molecule has 0 fully saturated rings. The summed E-state index contributed by atoms with van der Waals surface area (Å²) in [5, 5.41) is 6.82. The molecule has 0 bridgehead atoms. The highest BCUT2D eigenvalue weighted by molar-refractivity contribution is 5.91. The van der Waals surface area contributed by atoms with E-state index in [4.69, 9.17) is 4.74 Å². The Kier molecular flexibility index (Phi) is 5.61. The summed E-state index contributed by atoms with van der Waals surface area (Å²) < 4.78 is 5.91. The fourth-order valence-electron chi connectivity index (χ4n) is 4.59. The predicted octanol–water partition coefficient (Wildman–Crippen LogP) is 5.90. The number of para-hydroxylation sites is 1. The number of rotatable bonds is 6. The summed E-state index contributed by atoms with van der Waals surface area (Å²) in [6.45, 7) is 6.80. The van der Waals surface area contributed by atoms with Crippen LogP contribution in [0.1, 0.15) is 56.7 Å². The molecule has 1 aliphatic heterocycles. The third-order valence-electron chi connectivity index (χ3n) is 5.79. The van der Waals surface area contributed by atoms with E-state index < -0.39 is 0 Å². The molecule has 0 spiro atoms. The number of carbonyl (C=O) groups excluding carboxylic acids is 1. The van der Waals surface area contributed by atoms with Gasteiger partial charge in [0.25, 0.3) is 0 Å². The number of ether oxygens (including phenoxy) is 1. The van der Waals surface area contributed by atoms with Gasteiger partial charge in [-0.05, 0) is 55.0 Å². The summed E-state index contributed by atoms with van der Waals surface area (Å²) >= 11 is 0. The monoisotopic (exact) mass is 390 g/mol. The molecule has 0 saturated carbocycles. The van der Waals surface area contributed by atoms with Crippen LogP contribution in [0.4, 0.5) is 11.4 Å². The smallest absolute Gasteiger partial charge is 0.224 e. The lowest BCUT2D eigenvalue weighted by molar-refractivity contribution is -0.116. The molecule has 152 valence electrons. The van der Waals surface area contributed by atoms with Crippen molar-refractivity contribution in [2.24, 2.45) is 11.8 Å². The Bertz CT molecular complexity index is 919. The Morgan fingerprint density at radius 1 is 1.21 bits per heavy atom. The summed E-state index contributed by atoms with van der Waals surface area (Å²) in [6, 6.07) is 14.8. The number of fused-ring (bicyclic) bond motifs is 3. The Morgan fingerprint density at radius 2 is 2.03 bits per heavy atom. The van der Waals surface area contributed by atoms with Crippen molar-refractivity contribution in [3.05, 3.63) is 65.7 Å². The van der Waals surface area contributed by atoms with E-state index in [9.17, 15) is 4.79 Å². The van der Waals surface area contributed by atoms with E-state index in [1.807, 2.05) is 19.1 Å². The molecule has 3 atom stereocenters. The van der Waals surface area contributed by atoms with Crippen LogP contribution in [0.5, 0.6) is 5.75 Å². The van der Waals surface area contributed by atoms with Gasteiger partial charge in [-0.3, -0.25) is 4.79 Å². The van der Waals surface area contributed by atoms with Crippen LogP contribution >= 0.6 is 0 Å². The second-order valence-electron chi connectivity index (χ2n) is 8.39. The van der Waals surface area contributed by atoms with Crippen LogP contribution in [-0.2, 0) is 4.79 Å². The van der Waals surface area contributed by atoms with Crippen LogP contribution < -0.4 is 15.4 Å². The molecular weight excluding hydrogens is 360 g/mol. The highest BCUT2D eigenvalue weighted by Gasteiger charge is 2.39. The van der Waals surface area contributed by atoms with Crippen molar-refractivity contribution in [1.29, 1.82) is 0 Å². The lowest BCUT2D eigenvalue weighted by atomic mass is 9.76. The molecule has 2 N–H and O–H groups in total. The number of nitrogens with one attached hydrogen (secondary N) is 2. The molecule has 3 unspecified atom stereocenters. The summed E-state index contributed by atoms with van der Waals surface area (Å²) in [7, 11) is 0. The Labute approximate surface area is 173 Å². The van der Waals surface area contributed by atoms with Gasteiger partial charge in [-0.25, -0.2) is 0 Å². The SMILES string of the molecule is CCOc1ccccc1C1Nc2ccc(NC(=O)CC(C)C)cc2C2C=CCC21. The summed E-state index contributed by atoms with van der Waals surface area (Å²) in [6.07, 6.45) is 6.18. The molecule has 1 aliphatic carbocycles. The van der Waals surface area contributed by atoms with Crippen LogP contribution in [0, 0.1) is 11.8 Å². The molecule has 2 aromatic rings. The number of anilines is 2. The van der Waals surface area contributed by atoms with Gasteiger partial charge in [0.15, 0.2) is 0 Å². The maximum absolute atomic E-state index is 12.2. The number of benzene rings is 2. The topological polar surface area (TPSA) is 50.4 Å². The number of allylic oxidation sites excluding steroid dienone is 2. The van der Waals surface area contributed by atoms with Crippen molar-refractivity contribution >= 4 is 17.3 Å². The fourth-order valence-corrected chi connectivity index (χ4v) is 4.59. The fraction of sp³-hybridized carbons (Fsp3) is 0.400. The largest absolute Gasteiger partial charge is 0.494 e. The van der Waals surface area contributed by atoms with Gasteiger partial charge in [0, 0.05) is 29.3 Å². The normalized spacial score (nSPS) is 22.0. The zero-order valence-corrected chi connectivity index (χ0v) is 17.4. The second-order valence-corrected chi connectivity index (χ2v) is 8.39. The van der Waals surface area contributed by atoms with Gasteiger partial charge in [0.2, 0.25) is 5.91 Å². The maximum Gasteiger partial charge on any atom is 0.224 e. The molecule has 4 heteroatoms. The Balaban J connectivity index is 1.64. The van der Waals surface area contributed by atoms with Crippen LogP contribution in [0.25, 0.3) is 0 Å². The highest BCUT2D eigenvalue weighted by Crippen LogP contribution is 2.51. The van der Waals surface area contributed by atoms with Gasteiger partial charge >= 0.3 is 0 Å². The second kappa shape index (κ2) is 8.32. The van der Waals surface area contributed by atoms with Crippen molar-refractivity contribution < 1.29 is 9.53 Å². The molecule has 29 heavy (non-hydrogen) atoms. The van der Waals surface area contributed by atoms with E-state index in [0.29, 0.717) is 30.8 Å². The molecule has 4 nitrogen and oxygen atoms in total.